The highest BCUT2D eigenvalue weighted by molar-refractivity contribution is 5.95. The Hall–Kier alpha value is -3.25. The zero-order chi connectivity index (χ0) is 20.1. The Labute approximate surface area is 161 Å². The fourth-order valence-electron chi connectivity index (χ4n) is 2.65. The average molecular weight is 381 g/mol. The predicted molar refractivity (Wildman–Crippen MR) is 103 cm³/mol. The van der Waals surface area contributed by atoms with Crippen LogP contribution >= 0.6 is 0 Å². The second kappa shape index (κ2) is 8.63. The summed E-state index contributed by atoms with van der Waals surface area (Å²) in [5.74, 6) is -0.157. The minimum atomic E-state index is -0.603. The number of ether oxygens (including phenoxy) is 1. The Kier molecular flexibility index (Phi) is 6.01. The van der Waals surface area contributed by atoms with Crippen molar-refractivity contribution < 1.29 is 19.0 Å². The van der Waals surface area contributed by atoms with E-state index in [9.17, 15) is 19.1 Å². The van der Waals surface area contributed by atoms with Crippen molar-refractivity contribution in [2.45, 2.75) is 26.2 Å². The number of aliphatic hydroxyl groups is 1. The zero-order valence-electron chi connectivity index (χ0n) is 15.3. The molecular formula is C22H20FNO4. The van der Waals surface area contributed by atoms with Crippen LogP contribution in [-0.4, -0.2) is 15.5 Å². The molecule has 1 heterocycles. The highest BCUT2D eigenvalue weighted by atomic mass is 19.1. The maximum atomic E-state index is 12.9. The lowest BCUT2D eigenvalue weighted by Crippen LogP contribution is -2.23. The van der Waals surface area contributed by atoms with Crippen LogP contribution in [0.25, 0.3) is 0 Å². The van der Waals surface area contributed by atoms with E-state index in [4.69, 9.17) is 4.74 Å². The van der Waals surface area contributed by atoms with Crippen molar-refractivity contribution >= 4 is 5.78 Å². The van der Waals surface area contributed by atoms with Crippen LogP contribution < -0.4 is 10.3 Å². The van der Waals surface area contributed by atoms with Gasteiger partial charge in [0.15, 0.2) is 5.78 Å². The zero-order valence-corrected chi connectivity index (χ0v) is 15.3. The Morgan fingerprint density at radius 1 is 1.11 bits per heavy atom. The van der Waals surface area contributed by atoms with Crippen molar-refractivity contribution in [1.29, 1.82) is 0 Å². The number of benzene rings is 2. The maximum Gasteiger partial charge on any atom is 0.254 e. The molecule has 6 heteroatoms. The average Bonchev–Trinajstić information content (AvgIpc) is 2.69. The molecule has 0 aliphatic rings. The van der Waals surface area contributed by atoms with E-state index >= 15 is 0 Å². The minimum Gasteiger partial charge on any atom is -0.489 e. The molecule has 0 aliphatic heterocycles. The number of rotatable bonds is 7. The van der Waals surface area contributed by atoms with E-state index in [1.165, 1.54) is 29.0 Å². The molecule has 0 amide bonds. The number of ketones is 1. The third-order valence-electron chi connectivity index (χ3n) is 4.32. The summed E-state index contributed by atoms with van der Waals surface area (Å²) in [6.07, 6.45) is 0.902. The number of carbonyl (C=O) groups excluding carboxylic acids is 1. The van der Waals surface area contributed by atoms with Crippen molar-refractivity contribution in [1.82, 2.24) is 4.57 Å². The Bertz CT molecular complexity index is 1010. The fraction of sp³-hybridized carbons (Fsp3) is 0.182. The summed E-state index contributed by atoms with van der Waals surface area (Å²) in [5.41, 5.74) is 1.61. The molecule has 1 N–H and O–H groups in total. The topological polar surface area (TPSA) is 68.5 Å². The van der Waals surface area contributed by atoms with Gasteiger partial charge in [-0.2, -0.15) is 0 Å². The number of nitrogens with zero attached hydrogens (tertiary/aromatic N) is 1. The Morgan fingerprint density at radius 2 is 1.79 bits per heavy atom. The molecule has 0 saturated heterocycles. The number of halogens is 1. The molecule has 0 spiro atoms. The first-order valence-electron chi connectivity index (χ1n) is 8.81. The van der Waals surface area contributed by atoms with Gasteiger partial charge >= 0.3 is 0 Å². The van der Waals surface area contributed by atoms with E-state index in [1.54, 1.807) is 49.4 Å². The fourth-order valence-corrected chi connectivity index (χ4v) is 2.65. The van der Waals surface area contributed by atoms with Gasteiger partial charge in [-0.05, 0) is 36.2 Å². The molecule has 3 aromatic rings. The molecule has 0 saturated carbocycles. The summed E-state index contributed by atoms with van der Waals surface area (Å²) in [7, 11) is 0. The van der Waals surface area contributed by atoms with Gasteiger partial charge in [0.1, 0.15) is 18.2 Å². The molecule has 1 unspecified atom stereocenters. The first-order valence-corrected chi connectivity index (χ1v) is 8.81. The summed E-state index contributed by atoms with van der Waals surface area (Å²) >= 11 is 0. The summed E-state index contributed by atoms with van der Waals surface area (Å²) in [5, 5.41) is 9.52. The van der Waals surface area contributed by atoms with Gasteiger partial charge in [-0.1, -0.05) is 36.4 Å². The van der Waals surface area contributed by atoms with Gasteiger partial charge in [0, 0.05) is 17.8 Å². The lowest BCUT2D eigenvalue weighted by Gasteiger charge is -2.09. The maximum absolute atomic E-state index is 12.9. The number of hydrogen-bond donors (Lipinski definition) is 1. The number of aromatic nitrogens is 1. The Balaban J connectivity index is 1.64. The van der Waals surface area contributed by atoms with E-state index in [2.05, 4.69) is 0 Å². The van der Waals surface area contributed by atoms with E-state index < -0.39 is 6.10 Å². The van der Waals surface area contributed by atoms with Crippen molar-refractivity contribution in [3.8, 4) is 5.75 Å². The number of pyridine rings is 1. The number of Topliss-reactive ketones (excluding diaryl/α,β-unsaturated/α-hetero) is 1. The Morgan fingerprint density at radius 3 is 2.39 bits per heavy atom. The first kappa shape index (κ1) is 19.5. The lowest BCUT2D eigenvalue weighted by molar-refractivity contribution is 0.0970. The first-order chi connectivity index (χ1) is 13.4. The number of aliphatic hydroxyl groups excluding tert-OH is 1. The SMILES string of the molecule is CC(O)c1ccc(C(=O)Cn2ccc(OCc3ccc(F)cc3)cc2=O)cc1. The quantitative estimate of drug-likeness (QED) is 0.636. The van der Waals surface area contributed by atoms with Crippen molar-refractivity contribution in [2.75, 3.05) is 0 Å². The van der Waals surface area contributed by atoms with Gasteiger partial charge in [0.25, 0.3) is 5.56 Å². The second-order valence-electron chi connectivity index (χ2n) is 6.46. The number of carbonyl (C=O) groups is 1. The van der Waals surface area contributed by atoms with Gasteiger partial charge in [-0.3, -0.25) is 9.59 Å². The third kappa shape index (κ3) is 4.92. The van der Waals surface area contributed by atoms with Gasteiger partial charge < -0.3 is 14.4 Å². The standard InChI is InChI=1S/C22H20FNO4/c1-15(25)17-4-6-18(7-5-17)21(26)13-24-11-10-20(12-22(24)27)28-14-16-2-8-19(23)9-3-16/h2-12,15,25H,13-14H2,1H3. The van der Waals surface area contributed by atoms with Gasteiger partial charge in [0.2, 0.25) is 0 Å². The van der Waals surface area contributed by atoms with E-state index in [-0.39, 0.29) is 30.3 Å². The summed E-state index contributed by atoms with van der Waals surface area (Å²) < 4.78 is 19.8. The van der Waals surface area contributed by atoms with Crippen LogP contribution in [0.15, 0.2) is 71.7 Å². The van der Waals surface area contributed by atoms with Crippen LogP contribution in [0.3, 0.4) is 0 Å². The highest BCUT2D eigenvalue weighted by Crippen LogP contribution is 2.14. The van der Waals surface area contributed by atoms with E-state index in [0.29, 0.717) is 11.3 Å². The van der Waals surface area contributed by atoms with Gasteiger partial charge in [-0.25, -0.2) is 4.39 Å². The third-order valence-corrected chi connectivity index (χ3v) is 4.32. The summed E-state index contributed by atoms with van der Waals surface area (Å²) in [6.45, 7) is 1.76. The van der Waals surface area contributed by atoms with Crippen LogP contribution in [0.1, 0.15) is 34.5 Å². The molecule has 5 nitrogen and oxygen atoms in total. The molecule has 1 atom stereocenters. The summed E-state index contributed by atoms with van der Waals surface area (Å²) in [6, 6.07) is 15.5. The predicted octanol–water partition coefficient (Wildman–Crippen LogP) is 3.50. The summed E-state index contributed by atoms with van der Waals surface area (Å²) in [4.78, 5) is 24.6. The van der Waals surface area contributed by atoms with Crippen LogP contribution in [0, 0.1) is 5.82 Å². The largest absolute Gasteiger partial charge is 0.489 e. The smallest absolute Gasteiger partial charge is 0.254 e. The molecule has 2 aromatic carbocycles. The highest BCUT2D eigenvalue weighted by Gasteiger charge is 2.10. The molecule has 0 bridgehead atoms. The molecular weight excluding hydrogens is 361 g/mol. The molecule has 1 aromatic heterocycles. The lowest BCUT2D eigenvalue weighted by atomic mass is 10.1. The van der Waals surface area contributed by atoms with Crippen LogP contribution in [0.5, 0.6) is 5.75 Å². The van der Waals surface area contributed by atoms with Crippen molar-refractivity contribution in [3.63, 3.8) is 0 Å². The van der Waals surface area contributed by atoms with Crippen molar-refractivity contribution in [3.05, 3.63) is 99.7 Å². The monoisotopic (exact) mass is 381 g/mol. The molecule has 3 rings (SSSR count). The molecule has 0 fully saturated rings. The normalized spacial score (nSPS) is 11.8. The van der Waals surface area contributed by atoms with Crippen LogP contribution in [-0.2, 0) is 13.2 Å². The molecule has 0 aliphatic carbocycles. The van der Waals surface area contributed by atoms with E-state index in [0.717, 1.165) is 11.1 Å². The van der Waals surface area contributed by atoms with Crippen LogP contribution in [0.4, 0.5) is 4.39 Å². The molecule has 28 heavy (non-hydrogen) atoms. The molecule has 144 valence electrons. The van der Waals surface area contributed by atoms with Gasteiger partial charge in [-0.15, -0.1) is 0 Å². The minimum absolute atomic E-state index is 0.0922. The second-order valence-corrected chi connectivity index (χ2v) is 6.46. The van der Waals surface area contributed by atoms with E-state index in [1.807, 2.05) is 0 Å². The molecule has 0 radical (unpaired) electrons. The number of hydrogen-bond acceptors (Lipinski definition) is 4. The van der Waals surface area contributed by atoms with Crippen molar-refractivity contribution in [2.24, 2.45) is 0 Å². The van der Waals surface area contributed by atoms with Crippen LogP contribution in [0.2, 0.25) is 0 Å². The van der Waals surface area contributed by atoms with Gasteiger partial charge in [0.05, 0.1) is 12.6 Å².